The summed E-state index contributed by atoms with van der Waals surface area (Å²) in [5, 5.41) is 6.87. The van der Waals surface area contributed by atoms with Gasteiger partial charge in [-0.1, -0.05) is 0 Å². The van der Waals surface area contributed by atoms with Gasteiger partial charge in [0.05, 0.1) is 18.3 Å². The van der Waals surface area contributed by atoms with Gasteiger partial charge in [-0.05, 0) is 20.8 Å². The van der Waals surface area contributed by atoms with Gasteiger partial charge >= 0.3 is 6.09 Å². The molecule has 1 aliphatic heterocycles. The Kier molecular flexibility index (Phi) is 2.17. The van der Waals surface area contributed by atoms with Gasteiger partial charge in [-0.3, -0.25) is 4.68 Å². The van der Waals surface area contributed by atoms with Crippen molar-refractivity contribution in [1.82, 2.24) is 15.1 Å². The molecular formula is C10H15N3O2. The number of ether oxygens (including phenoxy) is 1. The van der Waals surface area contributed by atoms with Crippen LogP contribution in [0, 0.1) is 0 Å². The highest BCUT2D eigenvalue weighted by Gasteiger charge is 2.26. The predicted octanol–water partition coefficient (Wildman–Crippen LogP) is 1.42. The quantitative estimate of drug-likeness (QED) is 0.761. The number of aromatic nitrogens is 2. The molecule has 5 heteroatoms. The molecule has 1 atom stereocenters. The molecule has 0 aliphatic carbocycles. The zero-order valence-corrected chi connectivity index (χ0v) is 9.15. The summed E-state index contributed by atoms with van der Waals surface area (Å²) < 4.78 is 6.94. The third kappa shape index (κ3) is 1.95. The van der Waals surface area contributed by atoms with Gasteiger partial charge in [-0.2, -0.15) is 5.10 Å². The van der Waals surface area contributed by atoms with E-state index in [9.17, 15) is 4.79 Å². The van der Waals surface area contributed by atoms with Crippen LogP contribution in [0.25, 0.3) is 0 Å². The molecule has 15 heavy (non-hydrogen) atoms. The minimum absolute atomic E-state index is 0.0473. The molecule has 0 saturated carbocycles. The Morgan fingerprint density at radius 3 is 2.80 bits per heavy atom. The third-order valence-electron chi connectivity index (χ3n) is 2.34. The van der Waals surface area contributed by atoms with Gasteiger partial charge in [-0.25, -0.2) is 4.79 Å². The van der Waals surface area contributed by atoms with Gasteiger partial charge in [0.1, 0.15) is 6.10 Å². The van der Waals surface area contributed by atoms with Crippen LogP contribution >= 0.6 is 0 Å². The molecule has 82 valence electrons. The van der Waals surface area contributed by atoms with Crippen LogP contribution in [0.5, 0.6) is 0 Å². The highest BCUT2D eigenvalue weighted by Crippen LogP contribution is 2.22. The number of cyclic esters (lactones) is 1. The standard InChI is InChI=1S/C10H15N3O2/c1-10(2,3)13-6-7(4-12-13)8-5-11-9(14)15-8/h4,6,8H,5H2,1-3H3,(H,11,14). The Balaban J connectivity index is 2.17. The van der Waals surface area contributed by atoms with Crippen molar-refractivity contribution in [3.8, 4) is 0 Å². The first-order valence-corrected chi connectivity index (χ1v) is 4.96. The molecule has 1 saturated heterocycles. The Morgan fingerprint density at radius 1 is 1.60 bits per heavy atom. The minimum Gasteiger partial charge on any atom is -0.439 e. The molecule has 2 heterocycles. The van der Waals surface area contributed by atoms with E-state index in [-0.39, 0.29) is 17.7 Å². The lowest BCUT2D eigenvalue weighted by Crippen LogP contribution is -2.22. The number of rotatable bonds is 1. The van der Waals surface area contributed by atoms with Crippen LogP contribution in [0.4, 0.5) is 4.79 Å². The van der Waals surface area contributed by atoms with Crippen molar-refractivity contribution in [3.05, 3.63) is 18.0 Å². The Labute approximate surface area is 88.4 Å². The van der Waals surface area contributed by atoms with Crippen LogP contribution in [0.15, 0.2) is 12.4 Å². The Hall–Kier alpha value is -1.52. The molecular weight excluding hydrogens is 194 g/mol. The molecule has 1 aliphatic rings. The fraction of sp³-hybridized carbons (Fsp3) is 0.600. The van der Waals surface area contributed by atoms with Crippen LogP contribution in [0.1, 0.15) is 32.4 Å². The number of alkyl carbamates (subject to hydrolysis) is 1. The molecule has 1 N–H and O–H groups in total. The first-order chi connectivity index (χ1) is 6.97. The summed E-state index contributed by atoms with van der Waals surface area (Å²) in [6.07, 6.45) is 3.11. The molecule has 0 bridgehead atoms. The second kappa shape index (κ2) is 3.25. The summed E-state index contributed by atoms with van der Waals surface area (Å²) in [4.78, 5) is 10.9. The molecule has 1 fully saturated rings. The number of amides is 1. The summed E-state index contributed by atoms with van der Waals surface area (Å²) in [7, 11) is 0. The first kappa shape index (κ1) is 10.0. The van der Waals surface area contributed by atoms with Gasteiger partial charge in [0, 0.05) is 11.8 Å². The van der Waals surface area contributed by atoms with Crippen molar-refractivity contribution < 1.29 is 9.53 Å². The van der Waals surface area contributed by atoms with Crippen LogP contribution in [-0.2, 0) is 10.3 Å². The lowest BCUT2D eigenvalue weighted by Gasteiger charge is -2.18. The summed E-state index contributed by atoms with van der Waals surface area (Å²) in [6, 6.07) is 0. The molecule has 1 amide bonds. The van der Waals surface area contributed by atoms with E-state index < -0.39 is 0 Å². The van der Waals surface area contributed by atoms with Gasteiger partial charge in [0.15, 0.2) is 0 Å². The number of nitrogens with zero attached hydrogens (tertiary/aromatic N) is 2. The second-order valence-corrected chi connectivity index (χ2v) is 4.66. The highest BCUT2D eigenvalue weighted by atomic mass is 16.6. The lowest BCUT2D eigenvalue weighted by molar-refractivity contribution is 0.141. The van der Waals surface area contributed by atoms with Crippen LogP contribution in [0.2, 0.25) is 0 Å². The van der Waals surface area contributed by atoms with E-state index in [0.717, 1.165) is 5.56 Å². The molecule has 5 nitrogen and oxygen atoms in total. The Morgan fingerprint density at radius 2 is 2.33 bits per heavy atom. The number of nitrogens with one attached hydrogen (secondary N) is 1. The zero-order chi connectivity index (χ0) is 11.1. The van der Waals surface area contributed by atoms with Gasteiger partial charge < -0.3 is 10.1 Å². The van der Waals surface area contributed by atoms with Gasteiger partial charge in [-0.15, -0.1) is 0 Å². The average Bonchev–Trinajstić information content (AvgIpc) is 2.69. The number of carbonyl (C=O) groups is 1. The fourth-order valence-corrected chi connectivity index (χ4v) is 1.44. The maximum absolute atomic E-state index is 10.9. The predicted molar refractivity (Wildman–Crippen MR) is 54.4 cm³/mol. The van der Waals surface area contributed by atoms with E-state index in [1.165, 1.54) is 0 Å². The monoisotopic (exact) mass is 209 g/mol. The van der Waals surface area contributed by atoms with Crippen molar-refractivity contribution in [3.63, 3.8) is 0 Å². The lowest BCUT2D eigenvalue weighted by atomic mass is 10.1. The summed E-state index contributed by atoms with van der Waals surface area (Å²) in [5.74, 6) is 0. The first-order valence-electron chi connectivity index (χ1n) is 4.96. The van der Waals surface area contributed by atoms with Gasteiger partial charge in [0.2, 0.25) is 0 Å². The van der Waals surface area contributed by atoms with Crippen LogP contribution in [0.3, 0.4) is 0 Å². The largest absolute Gasteiger partial charge is 0.439 e. The number of hydrogen-bond acceptors (Lipinski definition) is 3. The Bertz CT molecular complexity index is 378. The zero-order valence-electron chi connectivity index (χ0n) is 9.15. The maximum atomic E-state index is 10.9. The topological polar surface area (TPSA) is 56.2 Å². The van der Waals surface area contributed by atoms with Crippen LogP contribution < -0.4 is 5.32 Å². The average molecular weight is 209 g/mol. The molecule has 2 rings (SSSR count). The SMILES string of the molecule is CC(C)(C)n1cc(C2CNC(=O)O2)cn1. The molecule has 0 aromatic carbocycles. The van der Waals surface area contributed by atoms with E-state index in [1.807, 2.05) is 10.9 Å². The number of hydrogen-bond donors (Lipinski definition) is 1. The summed E-state index contributed by atoms with van der Waals surface area (Å²) >= 11 is 0. The van der Waals surface area contributed by atoms with E-state index in [1.54, 1.807) is 6.20 Å². The molecule has 1 aromatic rings. The smallest absolute Gasteiger partial charge is 0.407 e. The van der Waals surface area contributed by atoms with Crippen LogP contribution in [-0.4, -0.2) is 22.4 Å². The van der Waals surface area contributed by atoms with E-state index >= 15 is 0 Å². The molecule has 0 radical (unpaired) electrons. The third-order valence-corrected chi connectivity index (χ3v) is 2.34. The summed E-state index contributed by atoms with van der Waals surface area (Å²) in [6.45, 7) is 6.74. The maximum Gasteiger partial charge on any atom is 0.407 e. The fourth-order valence-electron chi connectivity index (χ4n) is 1.44. The highest BCUT2D eigenvalue weighted by molar-refractivity contribution is 5.69. The minimum atomic E-state index is -0.358. The van der Waals surface area contributed by atoms with Crippen molar-refractivity contribution in [2.24, 2.45) is 0 Å². The molecule has 1 aromatic heterocycles. The van der Waals surface area contributed by atoms with Gasteiger partial charge in [0.25, 0.3) is 0 Å². The van der Waals surface area contributed by atoms with Crippen molar-refractivity contribution >= 4 is 6.09 Å². The molecule has 1 unspecified atom stereocenters. The second-order valence-electron chi connectivity index (χ2n) is 4.66. The normalized spacial score (nSPS) is 21.3. The van der Waals surface area contributed by atoms with Crippen molar-refractivity contribution in [1.29, 1.82) is 0 Å². The van der Waals surface area contributed by atoms with E-state index in [2.05, 4.69) is 31.2 Å². The van der Waals surface area contributed by atoms with E-state index in [4.69, 9.17) is 4.74 Å². The van der Waals surface area contributed by atoms with E-state index in [0.29, 0.717) is 6.54 Å². The number of carbonyl (C=O) groups excluding carboxylic acids is 1. The van der Waals surface area contributed by atoms with Crippen molar-refractivity contribution in [2.45, 2.75) is 32.4 Å². The molecule has 0 spiro atoms. The summed E-state index contributed by atoms with van der Waals surface area (Å²) in [5.41, 5.74) is 0.886. The van der Waals surface area contributed by atoms with Crippen molar-refractivity contribution in [2.75, 3.05) is 6.54 Å².